The molecular weight excluding hydrogens is 356 g/mol. The third-order valence-corrected chi connectivity index (χ3v) is 5.64. The number of hydrogen-bond donors (Lipinski definition) is 1. The third-order valence-electron chi connectivity index (χ3n) is 5.64. The zero-order valence-electron chi connectivity index (χ0n) is 17.0. The zero-order valence-corrected chi connectivity index (χ0v) is 17.0. The monoisotopic (exact) mass is 388 g/mol. The van der Waals surface area contributed by atoms with Gasteiger partial charge in [0.2, 0.25) is 11.8 Å². The van der Waals surface area contributed by atoms with Crippen LogP contribution in [0.5, 0.6) is 11.5 Å². The van der Waals surface area contributed by atoms with Gasteiger partial charge in [0.15, 0.2) is 11.5 Å². The SMILES string of the molecule is CCCC(=O)N1CCCC(C(=O)Nc2ccc(OC)c(OC3CCCC3)c2)C1. The standard InChI is InChI=1S/C22H32N2O4/c1-3-7-21(25)24-13-6-8-16(15-24)22(26)23-17-11-12-19(27-2)20(14-17)28-18-9-4-5-10-18/h11-12,14,16,18H,3-10,13,15H2,1-2H3,(H,23,26). The van der Waals surface area contributed by atoms with Crippen molar-refractivity contribution in [3.63, 3.8) is 0 Å². The second-order valence-electron chi connectivity index (χ2n) is 7.81. The summed E-state index contributed by atoms with van der Waals surface area (Å²) in [5, 5.41) is 3.01. The van der Waals surface area contributed by atoms with Gasteiger partial charge in [-0.2, -0.15) is 0 Å². The van der Waals surface area contributed by atoms with Crippen molar-refractivity contribution in [3.8, 4) is 11.5 Å². The molecule has 1 unspecified atom stereocenters. The van der Waals surface area contributed by atoms with Gasteiger partial charge in [0.25, 0.3) is 0 Å². The lowest BCUT2D eigenvalue weighted by atomic mass is 9.96. The molecule has 6 nitrogen and oxygen atoms in total. The normalized spacial score (nSPS) is 20.1. The van der Waals surface area contributed by atoms with Crippen LogP contribution in [0.4, 0.5) is 5.69 Å². The first-order chi connectivity index (χ1) is 13.6. The summed E-state index contributed by atoms with van der Waals surface area (Å²) in [6.45, 7) is 3.26. The van der Waals surface area contributed by atoms with Crippen LogP contribution in [-0.4, -0.2) is 43.0 Å². The van der Waals surface area contributed by atoms with Gasteiger partial charge in [-0.05, 0) is 57.1 Å². The maximum atomic E-state index is 12.8. The minimum atomic E-state index is -0.171. The number of nitrogens with zero attached hydrogens (tertiary/aromatic N) is 1. The van der Waals surface area contributed by atoms with Crippen molar-refractivity contribution in [2.24, 2.45) is 5.92 Å². The van der Waals surface area contributed by atoms with Gasteiger partial charge < -0.3 is 19.7 Å². The van der Waals surface area contributed by atoms with E-state index in [1.165, 1.54) is 12.8 Å². The van der Waals surface area contributed by atoms with Gasteiger partial charge in [-0.1, -0.05) is 6.92 Å². The van der Waals surface area contributed by atoms with Crippen LogP contribution in [0, 0.1) is 5.92 Å². The van der Waals surface area contributed by atoms with Crippen LogP contribution in [0.2, 0.25) is 0 Å². The van der Waals surface area contributed by atoms with Crippen molar-refractivity contribution in [1.29, 1.82) is 0 Å². The number of likely N-dealkylation sites (tertiary alicyclic amines) is 1. The van der Waals surface area contributed by atoms with Crippen molar-refractivity contribution in [2.75, 3.05) is 25.5 Å². The van der Waals surface area contributed by atoms with Crippen molar-refractivity contribution >= 4 is 17.5 Å². The molecule has 0 aromatic heterocycles. The van der Waals surface area contributed by atoms with Crippen molar-refractivity contribution in [2.45, 2.75) is 64.4 Å². The molecule has 0 bridgehead atoms. The largest absolute Gasteiger partial charge is 0.493 e. The molecule has 1 atom stereocenters. The quantitative estimate of drug-likeness (QED) is 0.767. The predicted octanol–water partition coefficient (Wildman–Crippen LogP) is 3.99. The molecule has 1 saturated heterocycles. The van der Waals surface area contributed by atoms with E-state index in [0.717, 1.165) is 38.6 Å². The summed E-state index contributed by atoms with van der Waals surface area (Å²) in [6.07, 6.45) is 7.78. The maximum absolute atomic E-state index is 12.8. The number of piperidine rings is 1. The number of ether oxygens (including phenoxy) is 2. The second kappa shape index (κ2) is 9.80. The number of amides is 2. The van der Waals surface area contributed by atoms with Crippen molar-refractivity contribution in [3.05, 3.63) is 18.2 Å². The number of anilines is 1. The lowest BCUT2D eigenvalue weighted by Gasteiger charge is -2.32. The molecule has 1 aromatic rings. The summed E-state index contributed by atoms with van der Waals surface area (Å²) < 4.78 is 11.5. The maximum Gasteiger partial charge on any atom is 0.229 e. The van der Waals surface area contributed by atoms with Gasteiger partial charge in [-0.15, -0.1) is 0 Å². The summed E-state index contributed by atoms with van der Waals surface area (Å²) >= 11 is 0. The van der Waals surface area contributed by atoms with Crippen LogP contribution in [0.15, 0.2) is 18.2 Å². The fourth-order valence-electron chi connectivity index (χ4n) is 4.07. The van der Waals surface area contributed by atoms with Gasteiger partial charge in [0.1, 0.15) is 0 Å². The Labute approximate surface area is 167 Å². The number of nitrogens with one attached hydrogen (secondary N) is 1. The topological polar surface area (TPSA) is 67.9 Å². The van der Waals surface area contributed by atoms with Crippen LogP contribution in [-0.2, 0) is 9.59 Å². The van der Waals surface area contributed by atoms with Gasteiger partial charge in [0.05, 0.1) is 19.1 Å². The highest BCUT2D eigenvalue weighted by molar-refractivity contribution is 5.93. The summed E-state index contributed by atoms with van der Waals surface area (Å²) in [4.78, 5) is 26.8. The number of hydrogen-bond acceptors (Lipinski definition) is 4. The first kappa shape index (κ1) is 20.5. The van der Waals surface area contributed by atoms with Crippen LogP contribution in [0.1, 0.15) is 58.3 Å². The zero-order chi connectivity index (χ0) is 19.9. The number of carbonyl (C=O) groups is 2. The highest BCUT2D eigenvalue weighted by atomic mass is 16.5. The molecule has 1 aliphatic carbocycles. The summed E-state index contributed by atoms with van der Waals surface area (Å²) in [7, 11) is 1.62. The molecule has 28 heavy (non-hydrogen) atoms. The molecule has 2 amide bonds. The molecule has 154 valence electrons. The van der Waals surface area contributed by atoms with E-state index in [1.54, 1.807) is 7.11 Å². The van der Waals surface area contributed by atoms with Crippen LogP contribution < -0.4 is 14.8 Å². The van der Waals surface area contributed by atoms with Crippen LogP contribution in [0.25, 0.3) is 0 Å². The molecule has 1 aliphatic heterocycles. The molecule has 6 heteroatoms. The van der Waals surface area contributed by atoms with E-state index in [1.807, 2.05) is 30.0 Å². The van der Waals surface area contributed by atoms with Gasteiger partial charge in [0, 0.05) is 31.3 Å². The molecule has 0 spiro atoms. The van der Waals surface area contributed by atoms with Gasteiger partial charge >= 0.3 is 0 Å². The molecule has 1 saturated carbocycles. The molecule has 3 rings (SSSR count). The van der Waals surface area contributed by atoms with E-state index in [0.29, 0.717) is 30.2 Å². The lowest BCUT2D eigenvalue weighted by molar-refractivity contribution is -0.134. The summed E-state index contributed by atoms with van der Waals surface area (Å²) in [5.41, 5.74) is 0.704. The lowest BCUT2D eigenvalue weighted by Crippen LogP contribution is -2.43. The van der Waals surface area contributed by atoms with E-state index in [4.69, 9.17) is 9.47 Å². The third kappa shape index (κ3) is 5.18. The first-order valence-electron chi connectivity index (χ1n) is 10.5. The molecule has 1 heterocycles. The first-order valence-corrected chi connectivity index (χ1v) is 10.5. The average Bonchev–Trinajstić information content (AvgIpc) is 3.21. The van der Waals surface area contributed by atoms with Gasteiger partial charge in [-0.25, -0.2) is 0 Å². The Morgan fingerprint density at radius 1 is 1.14 bits per heavy atom. The fraction of sp³-hybridized carbons (Fsp3) is 0.636. The van der Waals surface area contributed by atoms with Crippen LogP contribution in [0.3, 0.4) is 0 Å². The van der Waals surface area contributed by atoms with Gasteiger partial charge in [-0.3, -0.25) is 9.59 Å². The van der Waals surface area contributed by atoms with E-state index in [2.05, 4.69) is 5.32 Å². The summed E-state index contributed by atoms with van der Waals surface area (Å²) in [5.74, 6) is 1.30. The smallest absolute Gasteiger partial charge is 0.229 e. The Hall–Kier alpha value is -2.24. The molecule has 0 radical (unpaired) electrons. The Morgan fingerprint density at radius 3 is 2.64 bits per heavy atom. The Kier molecular flexibility index (Phi) is 7.18. The number of benzene rings is 1. The number of methoxy groups -OCH3 is 1. The minimum Gasteiger partial charge on any atom is -0.493 e. The van der Waals surface area contributed by atoms with Crippen LogP contribution >= 0.6 is 0 Å². The molecule has 1 N–H and O–H groups in total. The Balaban J connectivity index is 1.63. The second-order valence-corrected chi connectivity index (χ2v) is 7.81. The molecule has 2 aliphatic rings. The summed E-state index contributed by atoms with van der Waals surface area (Å²) in [6, 6.07) is 5.51. The Bertz CT molecular complexity index is 685. The predicted molar refractivity (Wildman–Crippen MR) is 109 cm³/mol. The van der Waals surface area contributed by atoms with E-state index in [9.17, 15) is 9.59 Å². The van der Waals surface area contributed by atoms with E-state index >= 15 is 0 Å². The minimum absolute atomic E-state index is 0.0361. The molecular formula is C22H32N2O4. The Morgan fingerprint density at radius 2 is 1.93 bits per heavy atom. The van der Waals surface area contributed by atoms with E-state index in [-0.39, 0.29) is 23.8 Å². The molecule has 2 fully saturated rings. The average molecular weight is 389 g/mol. The number of rotatable bonds is 7. The van der Waals surface area contributed by atoms with Crippen molar-refractivity contribution in [1.82, 2.24) is 4.90 Å². The van der Waals surface area contributed by atoms with Crippen molar-refractivity contribution < 1.29 is 19.1 Å². The van der Waals surface area contributed by atoms with E-state index < -0.39 is 0 Å². The molecule has 1 aromatic carbocycles. The fourth-order valence-corrected chi connectivity index (χ4v) is 4.07. The number of carbonyl (C=O) groups excluding carboxylic acids is 2. The highest BCUT2D eigenvalue weighted by Crippen LogP contribution is 2.34. The highest BCUT2D eigenvalue weighted by Gasteiger charge is 2.28.